The minimum absolute atomic E-state index is 0.0282. The first-order valence-electron chi connectivity index (χ1n) is 7.19. The number of rotatable bonds is 4. The Morgan fingerprint density at radius 2 is 1.95 bits per heavy atom. The first kappa shape index (κ1) is 16.1. The third-order valence-electron chi connectivity index (χ3n) is 3.78. The Morgan fingerprint density at radius 1 is 1.29 bits per heavy atom. The van der Waals surface area contributed by atoms with E-state index in [1.165, 1.54) is 0 Å². The number of carbonyl (C=O) groups excluding carboxylic acids is 1. The van der Waals surface area contributed by atoms with Crippen LogP contribution in [-0.4, -0.2) is 74.0 Å². The van der Waals surface area contributed by atoms with Crippen molar-refractivity contribution < 1.29 is 4.79 Å². The largest absolute Gasteiger partial charge is 0.398 e. The Labute approximate surface area is 131 Å². The van der Waals surface area contributed by atoms with Gasteiger partial charge >= 0.3 is 0 Å². The van der Waals surface area contributed by atoms with Crippen LogP contribution in [0.3, 0.4) is 0 Å². The molecule has 1 saturated heterocycles. The summed E-state index contributed by atoms with van der Waals surface area (Å²) in [7, 11) is 4.14. The van der Waals surface area contributed by atoms with Crippen LogP contribution in [0, 0.1) is 0 Å². The maximum Gasteiger partial charge on any atom is 0.255 e. The van der Waals surface area contributed by atoms with E-state index in [0.717, 1.165) is 39.3 Å². The van der Waals surface area contributed by atoms with Crippen LogP contribution >= 0.6 is 11.6 Å². The molecular formula is C15H23ClN4O. The quantitative estimate of drug-likeness (QED) is 0.850. The Bertz CT molecular complexity index is 498. The van der Waals surface area contributed by atoms with E-state index in [1.54, 1.807) is 18.2 Å². The molecule has 0 atom stereocenters. The summed E-state index contributed by atoms with van der Waals surface area (Å²) in [6.45, 7) is 5.34. The summed E-state index contributed by atoms with van der Waals surface area (Å²) in [5, 5.41) is 0.359. The summed E-state index contributed by atoms with van der Waals surface area (Å²) in [6.07, 6.45) is 0. The highest BCUT2D eigenvalue weighted by Crippen LogP contribution is 2.24. The molecule has 5 nitrogen and oxygen atoms in total. The van der Waals surface area contributed by atoms with E-state index in [4.69, 9.17) is 17.3 Å². The van der Waals surface area contributed by atoms with Crippen LogP contribution in [0.5, 0.6) is 0 Å². The molecule has 116 valence electrons. The molecule has 1 heterocycles. The number of piperazine rings is 1. The molecule has 1 aromatic carbocycles. The number of hydrogen-bond donors (Lipinski definition) is 1. The summed E-state index contributed by atoms with van der Waals surface area (Å²) in [6, 6.07) is 5.21. The normalized spacial score (nSPS) is 16.5. The van der Waals surface area contributed by atoms with Gasteiger partial charge in [0.1, 0.15) is 0 Å². The van der Waals surface area contributed by atoms with Crippen LogP contribution in [-0.2, 0) is 0 Å². The predicted octanol–water partition coefficient (Wildman–Crippen LogP) is 1.24. The van der Waals surface area contributed by atoms with Crippen molar-refractivity contribution in [1.82, 2.24) is 14.7 Å². The van der Waals surface area contributed by atoms with Gasteiger partial charge in [-0.1, -0.05) is 17.7 Å². The Morgan fingerprint density at radius 3 is 2.57 bits per heavy atom. The van der Waals surface area contributed by atoms with Gasteiger partial charge in [-0.05, 0) is 26.2 Å². The van der Waals surface area contributed by atoms with Crippen molar-refractivity contribution in [3.63, 3.8) is 0 Å². The van der Waals surface area contributed by atoms with Gasteiger partial charge in [0, 0.05) is 39.3 Å². The highest BCUT2D eigenvalue weighted by Gasteiger charge is 2.23. The zero-order chi connectivity index (χ0) is 15.4. The average Bonchev–Trinajstić information content (AvgIpc) is 2.48. The van der Waals surface area contributed by atoms with Crippen molar-refractivity contribution in [3.05, 3.63) is 28.8 Å². The zero-order valence-electron chi connectivity index (χ0n) is 12.7. The second kappa shape index (κ2) is 7.11. The number of nitrogen functional groups attached to an aromatic ring is 1. The van der Waals surface area contributed by atoms with Crippen molar-refractivity contribution in [3.8, 4) is 0 Å². The van der Waals surface area contributed by atoms with Gasteiger partial charge in [0.05, 0.1) is 16.3 Å². The van der Waals surface area contributed by atoms with Crippen LogP contribution in [0.25, 0.3) is 0 Å². The second-order valence-electron chi connectivity index (χ2n) is 5.65. The molecule has 0 aromatic heterocycles. The number of hydrogen-bond acceptors (Lipinski definition) is 4. The molecule has 0 spiro atoms. The Kier molecular flexibility index (Phi) is 5.45. The summed E-state index contributed by atoms with van der Waals surface area (Å²) in [4.78, 5) is 18.9. The van der Waals surface area contributed by atoms with Crippen molar-refractivity contribution in [2.75, 3.05) is 59.1 Å². The number of anilines is 1. The van der Waals surface area contributed by atoms with Gasteiger partial charge < -0.3 is 15.5 Å². The van der Waals surface area contributed by atoms with Gasteiger partial charge in [-0.2, -0.15) is 0 Å². The summed E-state index contributed by atoms with van der Waals surface area (Å²) in [5.41, 5.74) is 6.71. The van der Waals surface area contributed by atoms with Gasteiger partial charge in [0.25, 0.3) is 5.91 Å². The van der Waals surface area contributed by atoms with E-state index in [2.05, 4.69) is 23.9 Å². The number of benzene rings is 1. The lowest BCUT2D eigenvalue weighted by molar-refractivity contribution is 0.0630. The van der Waals surface area contributed by atoms with Gasteiger partial charge in [0.15, 0.2) is 0 Å². The van der Waals surface area contributed by atoms with Crippen LogP contribution in [0.2, 0.25) is 5.02 Å². The molecule has 1 aliphatic rings. The minimum Gasteiger partial charge on any atom is -0.398 e. The first-order valence-corrected chi connectivity index (χ1v) is 7.57. The third-order valence-corrected chi connectivity index (χ3v) is 4.20. The minimum atomic E-state index is -0.0282. The van der Waals surface area contributed by atoms with E-state index in [9.17, 15) is 4.79 Å². The number of likely N-dealkylation sites (N-methyl/N-ethyl adjacent to an activating group) is 1. The maximum atomic E-state index is 12.5. The monoisotopic (exact) mass is 310 g/mol. The van der Waals surface area contributed by atoms with Crippen molar-refractivity contribution in [2.45, 2.75) is 0 Å². The fourth-order valence-electron chi connectivity index (χ4n) is 2.40. The highest BCUT2D eigenvalue weighted by atomic mass is 35.5. The molecule has 0 bridgehead atoms. The van der Waals surface area contributed by atoms with E-state index in [0.29, 0.717) is 16.3 Å². The van der Waals surface area contributed by atoms with E-state index in [-0.39, 0.29) is 5.91 Å². The topological polar surface area (TPSA) is 52.8 Å². The highest BCUT2D eigenvalue weighted by molar-refractivity contribution is 6.36. The summed E-state index contributed by atoms with van der Waals surface area (Å²) < 4.78 is 0. The number of halogens is 1. The number of nitrogens with zero attached hydrogens (tertiary/aromatic N) is 3. The second-order valence-corrected chi connectivity index (χ2v) is 6.02. The number of amides is 1. The zero-order valence-corrected chi connectivity index (χ0v) is 13.4. The smallest absolute Gasteiger partial charge is 0.255 e. The first-order chi connectivity index (χ1) is 9.99. The number of carbonyl (C=O) groups is 1. The molecule has 0 aliphatic carbocycles. The number of nitrogens with two attached hydrogens (primary N) is 1. The SMILES string of the molecule is CN(C)CCN1CCN(C(=O)c2cccc(N)c2Cl)CC1. The van der Waals surface area contributed by atoms with Crippen LogP contribution in [0.15, 0.2) is 18.2 Å². The van der Waals surface area contributed by atoms with E-state index >= 15 is 0 Å². The van der Waals surface area contributed by atoms with Crippen LogP contribution in [0.1, 0.15) is 10.4 Å². The van der Waals surface area contributed by atoms with E-state index in [1.807, 2.05) is 4.90 Å². The standard InChI is InChI=1S/C15H23ClN4O/c1-18(2)6-7-19-8-10-20(11-9-19)15(21)12-4-3-5-13(17)14(12)16/h3-5H,6-11,17H2,1-2H3. The fraction of sp³-hybridized carbons (Fsp3) is 0.533. The fourth-order valence-corrected chi connectivity index (χ4v) is 2.61. The molecule has 1 aliphatic heterocycles. The summed E-state index contributed by atoms with van der Waals surface area (Å²) >= 11 is 6.13. The molecule has 1 amide bonds. The Balaban J connectivity index is 1.93. The molecule has 0 saturated carbocycles. The van der Waals surface area contributed by atoms with Gasteiger partial charge in [-0.3, -0.25) is 9.69 Å². The lowest BCUT2D eigenvalue weighted by atomic mass is 10.1. The maximum absolute atomic E-state index is 12.5. The van der Waals surface area contributed by atoms with Gasteiger partial charge in [-0.25, -0.2) is 0 Å². The molecule has 21 heavy (non-hydrogen) atoms. The van der Waals surface area contributed by atoms with Crippen molar-refractivity contribution in [2.24, 2.45) is 0 Å². The predicted molar refractivity (Wildman–Crippen MR) is 86.8 cm³/mol. The molecule has 2 N–H and O–H groups in total. The Hall–Kier alpha value is -1.30. The van der Waals surface area contributed by atoms with Crippen LogP contribution in [0.4, 0.5) is 5.69 Å². The van der Waals surface area contributed by atoms with Gasteiger partial charge in [-0.15, -0.1) is 0 Å². The van der Waals surface area contributed by atoms with Crippen molar-refractivity contribution in [1.29, 1.82) is 0 Å². The lowest BCUT2D eigenvalue weighted by Gasteiger charge is -2.35. The average molecular weight is 311 g/mol. The molecule has 0 unspecified atom stereocenters. The van der Waals surface area contributed by atoms with E-state index < -0.39 is 0 Å². The van der Waals surface area contributed by atoms with Crippen LogP contribution < -0.4 is 5.73 Å². The lowest BCUT2D eigenvalue weighted by Crippen LogP contribution is -2.50. The molecule has 2 rings (SSSR count). The molecular weight excluding hydrogens is 288 g/mol. The van der Waals surface area contributed by atoms with Gasteiger partial charge in [0.2, 0.25) is 0 Å². The molecule has 6 heteroatoms. The molecule has 0 radical (unpaired) electrons. The van der Waals surface area contributed by atoms with Crippen molar-refractivity contribution >= 4 is 23.2 Å². The molecule has 1 aromatic rings. The third kappa shape index (κ3) is 4.09. The summed E-state index contributed by atoms with van der Waals surface area (Å²) in [5.74, 6) is -0.0282. The molecule has 1 fully saturated rings.